The Hall–Kier alpha value is -1.69. The Morgan fingerprint density at radius 3 is 3.00 bits per heavy atom. The van der Waals surface area contributed by atoms with Crippen molar-refractivity contribution in [1.29, 1.82) is 0 Å². The Bertz CT molecular complexity index is 413. The van der Waals surface area contributed by atoms with E-state index in [0.717, 1.165) is 12.2 Å². The van der Waals surface area contributed by atoms with Crippen molar-refractivity contribution >= 4 is 11.8 Å². The summed E-state index contributed by atoms with van der Waals surface area (Å²) in [7, 11) is 0. The molecular formula is C10H13N3O3. The van der Waals surface area contributed by atoms with Crippen molar-refractivity contribution < 1.29 is 14.0 Å². The van der Waals surface area contributed by atoms with Gasteiger partial charge in [0.2, 0.25) is 17.7 Å². The number of carbonyl (C=O) groups excluding carboxylic acids is 2. The van der Waals surface area contributed by atoms with Crippen LogP contribution in [0.2, 0.25) is 0 Å². The number of aromatic nitrogens is 1. The Morgan fingerprint density at radius 2 is 2.44 bits per heavy atom. The molecule has 2 amide bonds. The lowest BCUT2D eigenvalue weighted by Crippen LogP contribution is -2.35. The van der Waals surface area contributed by atoms with Crippen LogP contribution < -0.4 is 10.6 Å². The van der Waals surface area contributed by atoms with Gasteiger partial charge >= 0.3 is 0 Å². The molecule has 2 heterocycles. The first-order valence-corrected chi connectivity index (χ1v) is 5.19. The molecule has 6 nitrogen and oxygen atoms in total. The summed E-state index contributed by atoms with van der Waals surface area (Å²) in [6.45, 7) is 2.33. The molecule has 16 heavy (non-hydrogen) atoms. The van der Waals surface area contributed by atoms with Gasteiger partial charge < -0.3 is 4.42 Å². The molecule has 0 aliphatic carbocycles. The number of oxazole rings is 1. The predicted octanol–water partition coefficient (Wildman–Crippen LogP) is -0.258. The summed E-state index contributed by atoms with van der Waals surface area (Å²) in [4.78, 5) is 26.2. The summed E-state index contributed by atoms with van der Waals surface area (Å²) in [6.07, 6.45) is 2.63. The number of carbonyl (C=O) groups is 2. The Morgan fingerprint density at radius 1 is 1.62 bits per heavy atom. The Kier molecular flexibility index (Phi) is 3.00. The maximum absolute atomic E-state index is 11.2. The second-order valence-corrected chi connectivity index (χ2v) is 3.62. The molecule has 86 valence electrons. The number of hydrogen-bond acceptors (Lipinski definition) is 5. The maximum atomic E-state index is 11.2. The highest BCUT2D eigenvalue weighted by molar-refractivity contribution is 6.05. The summed E-state index contributed by atoms with van der Waals surface area (Å²) in [5.74, 6) is 0.809. The third-order valence-corrected chi connectivity index (χ3v) is 2.42. The van der Waals surface area contributed by atoms with E-state index in [1.54, 1.807) is 6.20 Å². The zero-order chi connectivity index (χ0) is 11.5. The molecule has 1 aliphatic heterocycles. The van der Waals surface area contributed by atoms with Crippen LogP contribution in [0.4, 0.5) is 0 Å². The molecule has 0 bridgehead atoms. The van der Waals surface area contributed by atoms with Crippen LogP contribution in [0.5, 0.6) is 0 Å². The molecular weight excluding hydrogens is 210 g/mol. The molecule has 0 spiro atoms. The normalized spacial score (nSPS) is 20.2. The van der Waals surface area contributed by atoms with Crippen molar-refractivity contribution in [3.8, 4) is 0 Å². The molecule has 1 atom stereocenters. The molecule has 2 rings (SSSR count). The van der Waals surface area contributed by atoms with E-state index in [4.69, 9.17) is 4.42 Å². The lowest BCUT2D eigenvalue weighted by atomic mass is 10.2. The number of imide groups is 1. The smallest absolute Gasteiger partial charge is 0.244 e. The van der Waals surface area contributed by atoms with Crippen LogP contribution in [-0.2, 0) is 22.6 Å². The van der Waals surface area contributed by atoms with E-state index in [9.17, 15) is 9.59 Å². The van der Waals surface area contributed by atoms with Crippen molar-refractivity contribution in [2.75, 3.05) is 0 Å². The van der Waals surface area contributed by atoms with Gasteiger partial charge in [-0.2, -0.15) is 0 Å². The fourth-order valence-corrected chi connectivity index (χ4v) is 1.52. The molecule has 6 heteroatoms. The van der Waals surface area contributed by atoms with Gasteiger partial charge in [-0.1, -0.05) is 6.92 Å². The van der Waals surface area contributed by atoms with Gasteiger partial charge in [-0.3, -0.25) is 20.2 Å². The first kappa shape index (κ1) is 10.8. The van der Waals surface area contributed by atoms with Gasteiger partial charge in [0.1, 0.15) is 5.76 Å². The van der Waals surface area contributed by atoms with E-state index >= 15 is 0 Å². The summed E-state index contributed by atoms with van der Waals surface area (Å²) < 4.78 is 5.36. The predicted molar refractivity (Wildman–Crippen MR) is 54.3 cm³/mol. The van der Waals surface area contributed by atoms with Crippen molar-refractivity contribution in [3.63, 3.8) is 0 Å². The molecule has 0 aromatic carbocycles. The van der Waals surface area contributed by atoms with E-state index < -0.39 is 6.04 Å². The van der Waals surface area contributed by atoms with Crippen LogP contribution >= 0.6 is 0 Å². The SMILES string of the molecule is CCc1cnc(CNC2CC(=O)NC2=O)o1. The summed E-state index contributed by atoms with van der Waals surface area (Å²) in [6, 6.07) is -0.468. The van der Waals surface area contributed by atoms with Gasteiger partial charge in [0, 0.05) is 6.42 Å². The second kappa shape index (κ2) is 4.44. The minimum absolute atomic E-state index is 0.181. The molecule has 1 aromatic rings. The first-order chi connectivity index (χ1) is 7.69. The molecule has 1 aromatic heterocycles. The fourth-order valence-electron chi connectivity index (χ4n) is 1.52. The lowest BCUT2D eigenvalue weighted by Gasteiger charge is -2.05. The number of nitrogens with zero attached hydrogens (tertiary/aromatic N) is 1. The monoisotopic (exact) mass is 223 g/mol. The van der Waals surface area contributed by atoms with Crippen LogP contribution in [0, 0.1) is 0 Å². The second-order valence-electron chi connectivity index (χ2n) is 3.62. The van der Waals surface area contributed by atoms with Gasteiger partial charge in [-0.25, -0.2) is 4.98 Å². The quantitative estimate of drug-likeness (QED) is 0.687. The Labute approximate surface area is 92.4 Å². The van der Waals surface area contributed by atoms with Crippen LogP contribution in [0.3, 0.4) is 0 Å². The van der Waals surface area contributed by atoms with Gasteiger partial charge in [0.15, 0.2) is 0 Å². The van der Waals surface area contributed by atoms with E-state index in [0.29, 0.717) is 12.4 Å². The standard InChI is InChI=1S/C10H13N3O3/c1-2-6-4-12-9(16-6)5-11-7-3-8(14)13-10(7)15/h4,7,11H,2-3,5H2,1H3,(H,13,14,15). The number of rotatable bonds is 4. The maximum Gasteiger partial charge on any atom is 0.244 e. The molecule has 2 N–H and O–H groups in total. The largest absolute Gasteiger partial charge is 0.444 e. The van der Waals surface area contributed by atoms with Crippen molar-refractivity contribution in [1.82, 2.24) is 15.6 Å². The topological polar surface area (TPSA) is 84.2 Å². The average Bonchev–Trinajstić information content (AvgIpc) is 2.82. The van der Waals surface area contributed by atoms with Crippen molar-refractivity contribution in [2.45, 2.75) is 32.4 Å². The van der Waals surface area contributed by atoms with E-state index in [1.807, 2.05) is 6.92 Å². The summed E-state index contributed by atoms with van der Waals surface area (Å²) in [5.41, 5.74) is 0. The minimum atomic E-state index is -0.468. The van der Waals surface area contributed by atoms with Crippen LogP contribution in [-0.4, -0.2) is 22.8 Å². The fraction of sp³-hybridized carbons (Fsp3) is 0.500. The number of amides is 2. The number of hydrogen-bond donors (Lipinski definition) is 2. The minimum Gasteiger partial charge on any atom is -0.444 e. The summed E-state index contributed by atoms with van der Waals surface area (Å²) in [5, 5.41) is 5.15. The number of nitrogens with one attached hydrogen (secondary N) is 2. The van der Waals surface area contributed by atoms with E-state index in [-0.39, 0.29) is 18.2 Å². The van der Waals surface area contributed by atoms with E-state index in [2.05, 4.69) is 15.6 Å². The molecule has 0 radical (unpaired) electrons. The highest BCUT2D eigenvalue weighted by Gasteiger charge is 2.30. The van der Waals surface area contributed by atoms with Crippen LogP contribution in [0.25, 0.3) is 0 Å². The zero-order valence-electron chi connectivity index (χ0n) is 8.95. The zero-order valence-corrected chi connectivity index (χ0v) is 8.95. The molecule has 1 fully saturated rings. The molecule has 1 saturated heterocycles. The van der Waals surface area contributed by atoms with Gasteiger partial charge in [-0.05, 0) is 0 Å². The van der Waals surface area contributed by atoms with Crippen LogP contribution in [0.1, 0.15) is 25.0 Å². The lowest BCUT2D eigenvalue weighted by molar-refractivity contribution is -0.125. The van der Waals surface area contributed by atoms with Gasteiger partial charge in [-0.15, -0.1) is 0 Å². The average molecular weight is 223 g/mol. The third-order valence-electron chi connectivity index (χ3n) is 2.42. The third kappa shape index (κ3) is 2.27. The molecule has 0 saturated carbocycles. The molecule has 1 aliphatic rings. The highest BCUT2D eigenvalue weighted by atomic mass is 16.4. The summed E-state index contributed by atoms with van der Waals surface area (Å²) >= 11 is 0. The Balaban J connectivity index is 1.87. The van der Waals surface area contributed by atoms with Gasteiger partial charge in [0.25, 0.3) is 0 Å². The van der Waals surface area contributed by atoms with E-state index in [1.165, 1.54) is 0 Å². The van der Waals surface area contributed by atoms with Crippen LogP contribution in [0.15, 0.2) is 10.6 Å². The number of aryl methyl sites for hydroxylation is 1. The highest BCUT2D eigenvalue weighted by Crippen LogP contribution is 2.06. The van der Waals surface area contributed by atoms with Gasteiger partial charge in [0.05, 0.1) is 25.2 Å². The first-order valence-electron chi connectivity index (χ1n) is 5.19. The molecule has 1 unspecified atom stereocenters. The van der Waals surface area contributed by atoms with Crippen molar-refractivity contribution in [3.05, 3.63) is 17.8 Å². The van der Waals surface area contributed by atoms with Crippen molar-refractivity contribution in [2.24, 2.45) is 0 Å².